The molecule has 8 heteroatoms. The Kier molecular flexibility index (Phi) is 4.08. The third-order valence-corrected chi connectivity index (χ3v) is 5.14. The molecule has 0 spiro atoms. The Morgan fingerprint density at radius 2 is 2.11 bits per heavy atom. The zero-order chi connectivity index (χ0) is 13.2. The van der Waals surface area contributed by atoms with Gasteiger partial charge in [-0.25, -0.2) is 13.4 Å². The van der Waals surface area contributed by atoms with Crippen molar-refractivity contribution in [3.05, 3.63) is 16.7 Å². The third kappa shape index (κ3) is 3.12. The topological polar surface area (TPSA) is 94.3 Å². The van der Waals surface area contributed by atoms with E-state index in [1.165, 1.54) is 6.20 Å². The number of nitrogens with two attached hydrogens (primary N) is 1. The summed E-state index contributed by atoms with van der Waals surface area (Å²) in [5.74, 6) is 0.260. The lowest BCUT2D eigenvalue weighted by Gasteiger charge is -2.22. The van der Waals surface area contributed by atoms with Gasteiger partial charge in [-0.15, -0.1) is 0 Å². The minimum atomic E-state index is -3.44. The smallest absolute Gasteiger partial charge is 0.236 e. The first kappa shape index (κ1) is 13.6. The zero-order valence-corrected chi connectivity index (χ0v) is 12.0. The van der Waals surface area contributed by atoms with Crippen molar-refractivity contribution < 1.29 is 13.2 Å². The van der Waals surface area contributed by atoms with Crippen molar-refractivity contribution in [2.24, 2.45) is 0 Å². The van der Waals surface area contributed by atoms with Crippen molar-refractivity contribution in [2.75, 3.05) is 23.7 Å². The van der Waals surface area contributed by atoms with Crippen LogP contribution in [0.2, 0.25) is 0 Å². The summed E-state index contributed by atoms with van der Waals surface area (Å²) >= 11 is 3.23. The predicted molar refractivity (Wildman–Crippen MR) is 72.7 cm³/mol. The Bertz CT molecular complexity index is 529. The van der Waals surface area contributed by atoms with Gasteiger partial charge in [-0.3, -0.25) is 4.72 Å². The Morgan fingerprint density at radius 1 is 1.44 bits per heavy atom. The van der Waals surface area contributed by atoms with Gasteiger partial charge in [0.25, 0.3) is 0 Å². The summed E-state index contributed by atoms with van der Waals surface area (Å²) in [6, 6.07) is 1.61. The van der Waals surface area contributed by atoms with E-state index in [0.29, 0.717) is 36.2 Å². The van der Waals surface area contributed by atoms with Crippen LogP contribution in [0.5, 0.6) is 0 Å². The number of sulfonamides is 1. The predicted octanol–water partition coefficient (Wildman–Crippen LogP) is 1.35. The van der Waals surface area contributed by atoms with Crippen LogP contribution in [0.4, 0.5) is 11.5 Å². The molecule has 2 heterocycles. The van der Waals surface area contributed by atoms with Crippen LogP contribution in [0.25, 0.3) is 0 Å². The first-order valence-electron chi connectivity index (χ1n) is 5.49. The fourth-order valence-electron chi connectivity index (χ4n) is 1.73. The fourth-order valence-corrected chi connectivity index (χ4v) is 3.74. The van der Waals surface area contributed by atoms with Crippen LogP contribution in [0.3, 0.4) is 0 Å². The first-order valence-corrected chi connectivity index (χ1v) is 7.83. The number of hydrogen-bond acceptors (Lipinski definition) is 5. The number of nitrogens with zero attached hydrogens (tertiary/aromatic N) is 1. The average Bonchev–Trinajstić information content (AvgIpc) is 2.34. The van der Waals surface area contributed by atoms with E-state index in [1.807, 2.05) is 0 Å². The van der Waals surface area contributed by atoms with Crippen molar-refractivity contribution in [1.29, 1.82) is 0 Å². The lowest BCUT2D eigenvalue weighted by molar-refractivity contribution is 0.0984. The molecule has 1 aromatic heterocycles. The van der Waals surface area contributed by atoms with Crippen LogP contribution < -0.4 is 10.5 Å². The third-order valence-electron chi connectivity index (χ3n) is 2.71. The molecule has 0 atom stereocenters. The number of pyridine rings is 1. The normalized spacial score (nSPS) is 17.6. The van der Waals surface area contributed by atoms with E-state index in [-0.39, 0.29) is 5.82 Å². The molecule has 0 radical (unpaired) electrons. The number of hydrogen-bond donors (Lipinski definition) is 2. The molecule has 1 saturated heterocycles. The molecular formula is C10H14BrN3O3S. The summed E-state index contributed by atoms with van der Waals surface area (Å²) in [4.78, 5) is 3.96. The van der Waals surface area contributed by atoms with Gasteiger partial charge in [0.2, 0.25) is 10.0 Å². The molecule has 1 aromatic rings. The van der Waals surface area contributed by atoms with Gasteiger partial charge in [0, 0.05) is 13.2 Å². The lowest BCUT2D eigenvalue weighted by Crippen LogP contribution is -2.33. The Hall–Kier alpha value is -0.860. The van der Waals surface area contributed by atoms with E-state index < -0.39 is 15.3 Å². The molecule has 0 amide bonds. The van der Waals surface area contributed by atoms with Crippen LogP contribution in [0.15, 0.2) is 16.7 Å². The Labute approximate surface area is 114 Å². The molecule has 3 N–H and O–H groups in total. The van der Waals surface area contributed by atoms with Crippen molar-refractivity contribution in [1.82, 2.24) is 4.98 Å². The van der Waals surface area contributed by atoms with Gasteiger partial charge in [0.15, 0.2) is 5.82 Å². The van der Waals surface area contributed by atoms with Gasteiger partial charge in [0.05, 0.1) is 21.6 Å². The molecule has 1 aliphatic heterocycles. The average molecular weight is 336 g/mol. The lowest BCUT2D eigenvalue weighted by atomic mass is 10.2. The molecule has 0 aliphatic carbocycles. The molecule has 1 fully saturated rings. The molecule has 0 saturated carbocycles. The van der Waals surface area contributed by atoms with E-state index >= 15 is 0 Å². The van der Waals surface area contributed by atoms with Crippen LogP contribution >= 0.6 is 15.9 Å². The van der Waals surface area contributed by atoms with Crippen molar-refractivity contribution in [3.8, 4) is 0 Å². The fraction of sp³-hybridized carbons (Fsp3) is 0.500. The molecule has 2 rings (SSSR count). The van der Waals surface area contributed by atoms with Crippen molar-refractivity contribution >= 4 is 37.5 Å². The quantitative estimate of drug-likeness (QED) is 0.869. The minimum Gasteiger partial charge on any atom is -0.397 e. The molecule has 0 unspecified atom stereocenters. The first-order chi connectivity index (χ1) is 8.49. The van der Waals surface area contributed by atoms with E-state index in [4.69, 9.17) is 10.5 Å². The molecule has 6 nitrogen and oxygen atoms in total. The SMILES string of the molecule is Nc1cnc(NS(=O)(=O)C2CCOCC2)c(Br)c1. The van der Waals surface area contributed by atoms with Crippen molar-refractivity contribution in [2.45, 2.75) is 18.1 Å². The Balaban J connectivity index is 2.16. The van der Waals surface area contributed by atoms with E-state index in [1.54, 1.807) is 6.07 Å². The number of rotatable bonds is 3. The molecular weight excluding hydrogens is 322 g/mol. The molecule has 0 aromatic carbocycles. The van der Waals surface area contributed by atoms with E-state index in [0.717, 1.165) is 0 Å². The van der Waals surface area contributed by atoms with Crippen molar-refractivity contribution in [3.63, 3.8) is 0 Å². The number of halogens is 1. The second kappa shape index (κ2) is 5.41. The van der Waals surface area contributed by atoms with Gasteiger partial charge < -0.3 is 10.5 Å². The molecule has 0 bridgehead atoms. The largest absolute Gasteiger partial charge is 0.397 e. The van der Waals surface area contributed by atoms with E-state index in [9.17, 15) is 8.42 Å². The summed E-state index contributed by atoms with van der Waals surface area (Å²) in [6.45, 7) is 0.948. The number of nitrogens with one attached hydrogen (secondary N) is 1. The second-order valence-electron chi connectivity index (χ2n) is 4.06. The number of nitrogen functional groups attached to an aromatic ring is 1. The maximum Gasteiger partial charge on any atom is 0.236 e. The highest BCUT2D eigenvalue weighted by atomic mass is 79.9. The number of ether oxygens (including phenoxy) is 1. The highest BCUT2D eigenvalue weighted by Gasteiger charge is 2.28. The minimum absolute atomic E-state index is 0.260. The van der Waals surface area contributed by atoms with Crippen LogP contribution in [0.1, 0.15) is 12.8 Å². The number of anilines is 2. The van der Waals surface area contributed by atoms with Crippen LogP contribution in [-0.4, -0.2) is 31.9 Å². The van der Waals surface area contributed by atoms with Gasteiger partial charge in [-0.1, -0.05) is 0 Å². The van der Waals surface area contributed by atoms with Crippen LogP contribution in [0, 0.1) is 0 Å². The molecule has 18 heavy (non-hydrogen) atoms. The summed E-state index contributed by atoms with van der Waals surface area (Å²) < 4.78 is 32.4. The Morgan fingerprint density at radius 3 is 2.72 bits per heavy atom. The summed E-state index contributed by atoms with van der Waals surface area (Å²) in [6.07, 6.45) is 2.41. The van der Waals surface area contributed by atoms with Gasteiger partial charge in [-0.05, 0) is 34.8 Å². The monoisotopic (exact) mass is 335 g/mol. The number of aromatic nitrogens is 1. The summed E-state index contributed by atoms with van der Waals surface area (Å²) in [7, 11) is -3.44. The maximum absolute atomic E-state index is 12.1. The molecule has 1 aliphatic rings. The van der Waals surface area contributed by atoms with Gasteiger partial charge in [0.1, 0.15) is 0 Å². The summed E-state index contributed by atoms with van der Waals surface area (Å²) in [5.41, 5.74) is 6.02. The summed E-state index contributed by atoms with van der Waals surface area (Å²) in [5, 5.41) is -0.433. The second-order valence-corrected chi connectivity index (χ2v) is 6.87. The highest BCUT2D eigenvalue weighted by Crippen LogP contribution is 2.25. The molecule has 100 valence electrons. The standard InChI is InChI=1S/C10H14BrN3O3S/c11-9-5-7(12)6-13-10(9)14-18(15,16)8-1-3-17-4-2-8/h5-6,8H,1-4,12H2,(H,13,14). The van der Waals surface area contributed by atoms with Gasteiger partial charge in [-0.2, -0.15) is 0 Å². The highest BCUT2D eigenvalue weighted by molar-refractivity contribution is 9.10. The zero-order valence-electron chi connectivity index (χ0n) is 9.60. The van der Waals surface area contributed by atoms with E-state index in [2.05, 4.69) is 25.6 Å². The van der Waals surface area contributed by atoms with Gasteiger partial charge >= 0.3 is 0 Å². The van der Waals surface area contributed by atoms with Crippen LogP contribution in [-0.2, 0) is 14.8 Å². The maximum atomic E-state index is 12.1.